The average molecular weight is 179 g/mol. The smallest absolute Gasteiger partial charge is 0 e. The van der Waals surface area contributed by atoms with Crippen LogP contribution in [0.1, 0.15) is 48.0 Å². The molecule has 1 heteroatoms. The van der Waals surface area contributed by atoms with Gasteiger partial charge in [0.05, 0.1) is 0 Å². The van der Waals surface area contributed by atoms with E-state index >= 15 is 0 Å². The van der Waals surface area contributed by atoms with E-state index in [1.807, 2.05) is 0 Å². The van der Waals surface area contributed by atoms with Gasteiger partial charge in [-0.1, -0.05) is 41.5 Å². The standard InChI is InChI=1S/C9H20.V/c1-8(2,3)7-9(4,5)6;/h7H2,1-6H3;. The number of rotatable bonds is 0. The first-order valence-electron chi connectivity index (χ1n) is 3.71. The second-order valence-electron chi connectivity index (χ2n) is 5.30. The Balaban J connectivity index is 0. The van der Waals surface area contributed by atoms with Crippen molar-refractivity contribution in [3.8, 4) is 0 Å². The van der Waals surface area contributed by atoms with E-state index in [0.717, 1.165) is 0 Å². The van der Waals surface area contributed by atoms with Gasteiger partial charge in [-0.25, -0.2) is 0 Å². The summed E-state index contributed by atoms with van der Waals surface area (Å²) in [5.41, 5.74) is 0.969. The predicted octanol–water partition coefficient (Wildman–Crippen LogP) is 3.47. The molecule has 0 saturated heterocycles. The Hall–Kier alpha value is 0.584. The molecule has 0 N–H and O–H groups in total. The first-order valence-corrected chi connectivity index (χ1v) is 3.71. The molecule has 0 atom stereocenters. The van der Waals surface area contributed by atoms with Gasteiger partial charge in [0.1, 0.15) is 0 Å². The van der Waals surface area contributed by atoms with Gasteiger partial charge in [-0.15, -0.1) is 0 Å². The summed E-state index contributed by atoms with van der Waals surface area (Å²) in [7, 11) is 0. The summed E-state index contributed by atoms with van der Waals surface area (Å²) < 4.78 is 0. The van der Waals surface area contributed by atoms with Crippen LogP contribution >= 0.6 is 0 Å². The van der Waals surface area contributed by atoms with Crippen molar-refractivity contribution in [2.45, 2.75) is 48.0 Å². The molecule has 0 unspecified atom stereocenters. The second-order valence-corrected chi connectivity index (χ2v) is 5.30. The molecule has 0 aliphatic carbocycles. The van der Waals surface area contributed by atoms with Crippen LogP contribution in [0, 0.1) is 10.8 Å². The SMILES string of the molecule is CC(C)(C)CC(C)(C)C.[V]. The van der Waals surface area contributed by atoms with Crippen LogP contribution in [0.15, 0.2) is 0 Å². The Kier molecular flexibility index (Phi) is 5.05. The van der Waals surface area contributed by atoms with E-state index in [0.29, 0.717) is 10.8 Å². The summed E-state index contributed by atoms with van der Waals surface area (Å²) in [5.74, 6) is 0. The molecule has 0 aromatic carbocycles. The van der Waals surface area contributed by atoms with Gasteiger partial charge in [0, 0.05) is 18.6 Å². The topological polar surface area (TPSA) is 0 Å². The third-order valence-corrected chi connectivity index (χ3v) is 1.06. The maximum Gasteiger partial charge on any atom is 0 e. The van der Waals surface area contributed by atoms with Gasteiger partial charge >= 0.3 is 0 Å². The molecule has 0 spiro atoms. The predicted molar refractivity (Wildman–Crippen MR) is 43.5 cm³/mol. The molecule has 0 rings (SSSR count). The maximum atomic E-state index is 2.29. The van der Waals surface area contributed by atoms with Crippen molar-refractivity contribution >= 4 is 0 Å². The summed E-state index contributed by atoms with van der Waals surface area (Å²) in [6.07, 6.45) is 1.29. The third kappa shape index (κ3) is 11.4. The first kappa shape index (κ1) is 13.2. The van der Waals surface area contributed by atoms with Gasteiger partial charge in [0.2, 0.25) is 0 Å². The molecule has 61 valence electrons. The van der Waals surface area contributed by atoms with Crippen LogP contribution < -0.4 is 0 Å². The van der Waals surface area contributed by atoms with E-state index in [9.17, 15) is 0 Å². The minimum Gasteiger partial charge on any atom is -0.0602 e. The molecule has 0 fully saturated rings. The van der Waals surface area contributed by atoms with Crippen LogP contribution in [0.25, 0.3) is 0 Å². The van der Waals surface area contributed by atoms with Crippen LogP contribution in [0.5, 0.6) is 0 Å². The van der Waals surface area contributed by atoms with E-state index in [1.165, 1.54) is 6.42 Å². The van der Waals surface area contributed by atoms with Gasteiger partial charge in [0.15, 0.2) is 0 Å². The zero-order valence-corrected chi connectivity index (χ0v) is 9.55. The third-order valence-electron chi connectivity index (χ3n) is 1.06. The fourth-order valence-electron chi connectivity index (χ4n) is 1.59. The Labute approximate surface area is 77.7 Å². The van der Waals surface area contributed by atoms with Crippen LogP contribution in [-0.4, -0.2) is 0 Å². The van der Waals surface area contributed by atoms with E-state index in [-0.39, 0.29) is 18.6 Å². The Morgan fingerprint density at radius 1 is 0.700 bits per heavy atom. The first-order chi connectivity index (χ1) is 3.71. The van der Waals surface area contributed by atoms with Crippen molar-refractivity contribution in [1.82, 2.24) is 0 Å². The van der Waals surface area contributed by atoms with Crippen LogP contribution in [-0.2, 0) is 18.6 Å². The van der Waals surface area contributed by atoms with Crippen LogP contribution in [0.2, 0.25) is 0 Å². The minimum atomic E-state index is 0. The molecule has 1 radical (unpaired) electrons. The van der Waals surface area contributed by atoms with Crippen molar-refractivity contribution in [1.29, 1.82) is 0 Å². The number of hydrogen-bond donors (Lipinski definition) is 0. The van der Waals surface area contributed by atoms with Crippen molar-refractivity contribution in [2.75, 3.05) is 0 Å². The summed E-state index contributed by atoms with van der Waals surface area (Å²) in [6.45, 7) is 13.7. The van der Waals surface area contributed by atoms with Crippen LogP contribution in [0.3, 0.4) is 0 Å². The molecule has 0 bridgehead atoms. The maximum absolute atomic E-state index is 2.29. The molecule has 10 heavy (non-hydrogen) atoms. The zero-order valence-electron chi connectivity index (χ0n) is 8.15. The summed E-state index contributed by atoms with van der Waals surface area (Å²) in [6, 6.07) is 0. The van der Waals surface area contributed by atoms with E-state index in [1.54, 1.807) is 0 Å². The molecule has 0 aliphatic heterocycles. The molecular formula is C9H20V. The molecular weight excluding hydrogens is 159 g/mol. The van der Waals surface area contributed by atoms with E-state index in [2.05, 4.69) is 41.5 Å². The fourth-order valence-corrected chi connectivity index (χ4v) is 1.59. The summed E-state index contributed by atoms with van der Waals surface area (Å²) in [5, 5.41) is 0. The monoisotopic (exact) mass is 179 g/mol. The molecule has 0 saturated carbocycles. The average Bonchev–Trinajstić information content (AvgIpc) is 1.14. The molecule has 0 aliphatic rings. The van der Waals surface area contributed by atoms with Crippen molar-refractivity contribution in [3.63, 3.8) is 0 Å². The van der Waals surface area contributed by atoms with Gasteiger partial charge in [0.25, 0.3) is 0 Å². The second kappa shape index (κ2) is 3.83. The Morgan fingerprint density at radius 3 is 0.900 bits per heavy atom. The largest absolute Gasteiger partial charge is 0.0602 e. The fraction of sp³-hybridized carbons (Fsp3) is 1.00. The van der Waals surface area contributed by atoms with Crippen molar-refractivity contribution < 1.29 is 18.6 Å². The van der Waals surface area contributed by atoms with E-state index < -0.39 is 0 Å². The molecule has 0 nitrogen and oxygen atoms in total. The molecule has 0 aromatic heterocycles. The van der Waals surface area contributed by atoms with Crippen LogP contribution in [0.4, 0.5) is 0 Å². The molecule has 0 amide bonds. The Bertz CT molecular complexity index is 69.9. The van der Waals surface area contributed by atoms with Gasteiger partial charge in [-0.3, -0.25) is 0 Å². The molecule has 0 heterocycles. The minimum absolute atomic E-state index is 0. The zero-order chi connectivity index (χ0) is 7.71. The normalized spacial score (nSPS) is 12.6. The summed E-state index contributed by atoms with van der Waals surface area (Å²) >= 11 is 0. The van der Waals surface area contributed by atoms with Gasteiger partial charge in [-0.2, -0.15) is 0 Å². The van der Waals surface area contributed by atoms with E-state index in [4.69, 9.17) is 0 Å². The van der Waals surface area contributed by atoms with Gasteiger partial charge in [-0.05, 0) is 17.3 Å². The van der Waals surface area contributed by atoms with Gasteiger partial charge < -0.3 is 0 Å². The molecule has 0 aromatic rings. The van der Waals surface area contributed by atoms with Crippen molar-refractivity contribution in [2.24, 2.45) is 10.8 Å². The Morgan fingerprint density at radius 2 is 0.900 bits per heavy atom. The number of hydrogen-bond acceptors (Lipinski definition) is 0. The quantitative estimate of drug-likeness (QED) is 0.534. The summed E-state index contributed by atoms with van der Waals surface area (Å²) in [4.78, 5) is 0. The van der Waals surface area contributed by atoms with Crippen molar-refractivity contribution in [3.05, 3.63) is 0 Å².